The molecular weight excluding hydrogens is 408 g/mol. The molecule has 1 saturated heterocycles. The Morgan fingerprint density at radius 3 is 2.48 bits per heavy atom. The zero-order chi connectivity index (χ0) is 22.5. The molecule has 0 saturated carbocycles. The van der Waals surface area contributed by atoms with Gasteiger partial charge in [-0.05, 0) is 42.3 Å². The van der Waals surface area contributed by atoms with Crippen LogP contribution in [0.5, 0.6) is 11.5 Å². The Morgan fingerprint density at radius 2 is 1.87 bits per heavy atom. The maximum absolute atomic E-state index is 14.0. The van der Waals surface area contributed by atoms with Gasteiger partial charge in [0.2, 0.25) is 5.91 Å². The highest BCUT2D eigenvalue weighted by Crippen LogP contribution is 2.27. The van der Waals surface area contributed by atoms with Gasteiger partial charge in [0.1, 0.15) is 24.3 Å². The predicted molar refractivity (Wildman–Crippen MR) is 109 cm³/mol. The van der Waals surface area contributed by atoms with Crippen molar-refractivity contribution >= 4 is 11.9 Å². The van der Waals surface area contributed by atoms with E-state index < -0.39 is 23.7 Å². The molecule has 166 valence electrons. The standard InChI is InChI=1S/C23H25F2NO5/c1-14(2)9-22(27)26-12-19(31-21-8-5-16(24)10-20(21)25)11-17(26)13-30-18-6-3-15(4-7-18)23(28)29/h3-8,10,14,17,19H,9,11-13H2,1-2H3,(H,28,29). The largest absolute Gasteiger partial charge is 0.491 e. The summed E-state index contributed by atoms with van der Waals surface area (Å²) < 4.78 is 38.6. The fraction of sp³-hybridized carbons (Fsp3) is 0.391. The van der Waals surface area contributed by atoms with Crippen LogP contribution in [-0.4, -0.2) is 47.2 Å². The Morgan fingerprint density at radius 1 is 1.16 bits per heavy atom. The molecule has 0 spiro atoms. The number of nitrogens with zero attached hydrogens (tertiary/aromatic N) is 1. The predicted octanol–water partition coefficient (Wildman–Crippen LogP) is 4.14. The molecule has 0 bridgehead atoms. The van der Waals surface area contributed by atoms with Gasteiger partial charge in [-0.1, -0.05) is 13.8 Å². The second-order valence-electron chi connectivity index (χ2n) is 7.99. The molecule has 3 rings (SSSR count). The van der Waals surface area contributed by atoms with Crippen LogP contribution in [-0.2, 0) is 4.79 Å². The number of likely N-dealkylation sites (tertiary alicyclic amines) is 1. The first kappa shape index (κ1) is 22.5. The number of carbonyl (C=O) groups is 2. The Hall–Kier alpha value is -3.16. The normalized spacial score (nSPS) is 18.3. The van der Waals surface area contributed by atoms with Crippen molar-refractivity contribution in [2.75, 3.05) is 13.2 Å². The highest BCUT2D eigenvalue weighted by Gasteiger charge is 2.37. The summed E-state index contributed by atoms with van der Waals surface area (Å²) in [4.78, 5) is 25.4. The number of carboxylic acid groups (broad SMARTS) is 1. The molecule has 1 aliphatic rings. The van der Waals surface area contributed by atoms with Gasteiger partial charge >= 0.3 is 5.97 Å². The second-order valence-corrected chi connectivity index (χ2v) is 7.99. The summed E-state index contributed by atoms with van der Waals surface area (Å²) in [5.41, 5.74) is 0.150. The summed E-state index contributed by atoms with van der Waals surface area (Å²) in [5.74, 6) is -1.96. The van der Waals surface area contributed by atoms with Crippen molar-refractivity contribution in [1.29, 1.82) is 0 Å². The van der Waals surface area contributed by atoms with E-state index in [2.05, 4.69) is 0 Å². The molecule has 0 aromatic heterocycles. The van der Waals surface area contributed by atoms with Gasteiger partial charge in [-0.3, -0.25) is 4.79 Å². The minimum atomic E-state index is -1.03. The van der Waals surface area contributed by atoms with E-state index in [4.69, 9.17) is 14.6 Å². The maximum Gasteiger partial charge on any atom is 0.335 e. The fourth-order valence-electron chi connectivity index (χ4n) is 3.53. The summed E-state index contributed by atoms with van der Waals surface area (Å²) in [6.45, 7) is 4.35. The Labute approximate surface area is 179 Å². The minimum Gasteiger partial charge on any atom is -0.491 e. The van der Waals surface area contributed by atoms with Crippen LogP contribution in [0.25, 0.3) is 0 Å². The third-order valence-electron chi connectivity index (χ3n) is 5.01. The van der Waals surface area contributed by atoms with Crippen molar-refractivity contribution in [2.24, 2.45) is 5.92 Å². The van der Waals surface area contributed by atoms with Crippen molar-refractivity contribution in [1.82, 2.24) is 4.90 Å². The molecule has 6 nitrogen and oxygen atoms in total. The number of aromatic carboxylic acids is 1. The SMILES string of the molecule is CC(C)CC(=O)N1CC(Oc2ccc(F)cc2F)CC1COc1ccc(C(=O)O)cc1. The van der Waals surface area contributed by atoms with Crippen LogP contribution in [0.1, 0.15) is 37.0 Å². The number of rotatable bonds is 8. The van der Waals surface area contributed by atoms with Crippen LogP contribution in [0.2, 0.25) is 0 Å². The van der Waals surface area contributed by atoms with Crippen molar-refractivity contribution in [3.63, 3.8) is 0 Å². The lowest BCUT2D eigenvalue weighted by Crippen LogP contribution is -2.39. The molecule has 1 fully saturated rings. The van der Waals surface area contributed by atoms with Crippen molar-refractivity contribution < 1.29 is 33.0 Å². The molecule has 1 aliphatic heterocycles. The third kappa shape index (κ3) is 5.93. The maximum atomic E-state index is 14.0. The van der Waals surface area contributed by atoms with Gasteiger partial charge in [0.05, 0.1) is 18.2 Å². The summed E-state index contributed by atoms with van der Waals surface area (Å²) in [5, 5.41) is 8.98. The van der Waals surface area contributed by atoms with Crippen molar-refractivity contribution in [2.45, 2.75) is 38.8 Å². The average Bonchev–Trinajstić information content (AvgIpc) is 3.11. The van der Waals surface area contributed by atoms with Gasteiger partial charge in [-0.15, -0.1) is 0 Å². The van der Waals surface area contributed by atoms with E-state index in [1.807, 2.05) is 13.8 Å². The average molecular weight is 433 g/mol. The molecule has 1 heterocycles. The Bertz CT molecular complexity index is 932. The highest BCUT2D eigenvalue weighted by atomic mass is 19.1. The van der Waals surface area contributed by atoms with E-state index in [9.17, 15) is 18.4 Å². The van der Waals surface area contributed by atoms with Gasteiger partial charge in [0, 0.05) is 18.9 Å². The van der Waals surface area contributed by atoms with Crippen LogP contribution in [0.4, 0.5) is 8.78 Å². The van der Waals surface area contributed by atoms with Crippen LogP contribution in [0.15, 0.2) is 42.5 Å². The van der Waals surface area contributed by atoms with E-state index in [1.54, 1.807) is 17.0 Å². The lowest BCUT2D eigenvalue weighted by atomic mass is 10.1. The smallest absolute Gasteiger partial charge is 0.335 e. The minimum absolute atomic E-state index is 0.0458. The number of carbonyl (C=O) groups excluding carboxylic acids is 1. The highest BCUT2D eigenvalue weighted by molar-refractivity contribution is 5.87. The van der Waals surface area contributed by atoms with Crippen molar-refractivity contribution in [3.8, 4) is 11.5 Å². The zero-order valence-electron chi connectivity index (χ0n) is 17.4. The van der Waals surface area contributed by atoms with Gasteiger partial charge in [0.25, 0.3) is 0 Å². The van der Waals surface area contributed by atoms with E-state index in [-0.39, 0.29) is 42.3 Å². The van der Waals surface area contributed by atoms with E-state index in [0.717, 1.165) is 12.1 Å². The Kier molecular flexibility index (Phi) is 7.09. The number of amides is 1. The molecule has 1 N–H and O–H groups in total. The number of carboxylic acids is 1. The molecular formula is C23H25F2NO5. The molecule has 1 amide bonds. The topological polar surface area (TPSA) is 76.1 Å². The third-order valence-corrected chi connectivity index (χ3v) is 5.01. The van der Waals surface area contributed by atoms with Crippen LogP contribution in [0.3, 0.4) is 0 Å². The zero-order valence-corrected chi connectivity index (χ0v) is 17.4. The van der Waals surface area contributed by atoms with E-state index in [1.165, 1.54) is 18.2 Å². The Balaban J connectivity index is 1.68. The molecule has 0 radical (unpaired) electrons. The summed E-state index contributed by atoms with van der Waals surface area (Å²) >= 11 is 0. The molecule has 2 aromatic carbocycles. The molecule has 8 heteroatoms. The van der Waals surface area contributed by atoms with Crippen molar-refractivity contribution in [3.05, 3.63) is 59.7 Å². The number of halogens is 2. The molecule has 2 unspecified atom stereocenters. The number of hydrogen-bond donors (Lipinski definition) is 1. The van der Waals surface area contributed by atoms with Crippen LogP contribution in [0, 0.1) is 17.6 Å². The lowest BCUT2D eigenvalue weighted by Gasteiger charge is -2.25. The number of ether oxygens (including phenoxy) is 2. The summed E-state index contributed by atoms with van der Waals surface area (Å²) in [6.07, 6.45) is 0.328. The van der Waals surface area contributed by atoms with Gasteiger partial charge < -0.3 is 19.5 Å². The molecule has 31 heavy (non-hydrogen) atoms. The van der Waals surface area contributed by atoms with E-state index >= 15 is 0 Å². The molecule has 2 atom stereocenters. The fourth-order valence-corrected chi connectivity index (χ4v) is 3.53. The lowest BCUT2D eigenvalue weighted by molar-refractivity contribution is -0.133. The first-order valence-electron chi connectivity index (χ1n) is 10.1. The molecule has 2 aromatic rings. The number of benzene rings is 2. The second kappa shape index (κ2) is 9.76. The first-order chi connectivity index (χ1) is 14.7. The van der Waals surface area contributed by atoms with Crippen LogP contribution < -0.4 is 9.47 Å². The summed E-state index contributed by atoms with van der Waals surface area (Å²) in [7, 11) is 0. The van der Waals surface area contributed by atoms with Gasteiger partial charge in [-0.25, -0.2) is 13.6 Å². The number of hydrogen-bond acceptors (Lipinski definition) is 4. The van der Waals surface area contributed by atoms with Gasteiger partial charge in [-0.2, -0.15) is 0 Å². The van der Waals surface area contributed by atoms with Crippen LogP contribution >= 0.6 is 0 Å². The molecule has 0 aliphatic carbocycles. The monoisotopic (exact) mass is 433 g/mol. The first-order valence-corrected chi connectivity index (χ1v) is 10.1. The van der Waals surface area contributed by atoms with Gasteiger partial charge in [0.15, 0.2) is 11.6 Å². The quantitative estimate of drug-likeness (QED) is 0.677. The van der Waals surface area contributed by atoms with E-state index in [0.29, 0.717) is 18.6 Å². The summed E-state index contributed by atoms with van der Waals surface area (Å²) in [6, 6.07) is 8.82.